The molecule has 0 bridgehead atoms. The van der Waals surface area contributed by atoms with Gasteiger partial charge in [0.25, 0.3) is 0 Å². The van der Waals surface area contributed by atoms with Crippen molar-refractivity contribution < 1.29 is 4.74 Å². The number of hydrogen-bond acceptors (Lipinski definition) is 2. The standard InChI is InChI=1S/C17H26N2O/c1-5-8-14(12-20-4)18-11-17-13(2)15-9-6-7-10-16(15)19(17)3/h6-7,9-10,14,18H,5,8,11-12H2,1-4H3. The van der Waals surface area contributed by atoms with Gasteiger partial charge < -0.3 is 14.6 Å². The Bertz CT molecular complexity index is 514. The van der Waals surface area contributed by atoms with E-state index in [0.717, 1.165) is 19.6 Å². The third-order valence-corrected chi connectivity index (χ3v) is 4.07. The van der Waals surface area contributed by atoms with Gasteiger partial charge in [0.1, 0.15) is 0 Å². The van der Waals surface area contributed by atoms with E-state index in [1.165, 1.54) is 28.6 Å². The predicted octanol–water partition coefficient (Wildman–Crippen LogP) is 3.39. The minimum Gasteiger partial charge on any atom is -0.383 e. The Kier molecular flexibility index (Phi) is 5.21. The number of ether oxygens (including phenoxy) is 1. The highest BCUT2D eigenvalue weighted by Gasteiger charge is 2.13. The Morgan fingerprint density at radius 3 is 2.70 bits per heavy atom. The van der Waals surface area contributed by atoms with Gasteiger partial charge in [-0.3, -0.25) is 0 Å². The zero-order valence-electron chi connectivity index (χ0n) is 13.1. The summed E-state index contributed by atoms with van der Waals surface area (Å²) in [5.41, 5.74) is 4.05. The van der Waals surface area contributed by atoms with Gasteiger partial charge in [-0.15, -0.1) is 0 Å². The zero-order valence-corrected chi connectivity index (χ0v) is 13.1. The lowest BCUT2D eigenvalue weighted by molar-refractivity contribution is 0.161. The lowest BCUT2D eigenvalue weighted by Crippen LogP contribution is -2.33. The number of rotatable bonds is 7. The number of nitrogens with one attached hydrogen (secondary N) is 1. The van der Waals surface area contributed by atoms with Crippen LogP contribution in [-0.2, 0) is 18.3 Å². The molecule has 0 spiro atoms. The third-order valence-electron chi connectivity index (χ3n) is 4.07. The number of aromatic nitrogens is 1. The quantitative estimate of drug-likeness (QED) is 0.837. The van der Waals surface area contributed by atoms with Crippen molar-refractivity contribution in [3.8, 4) is 0 Å². The number of fused-ring (bicyclic) bond motifs is 1. The molecular formula is C17H26N2O. The van der Waals surface area contributed by atoms with E-state index in [1.54, 1.807) is 7.11 Å². The fourth-order valence-corrected chi connectivity index (χ4v) is 2.92. The monoisotopic (exact) mass is 274 g/mol. The fourth-order valence-electron chi connectivity index (χ4n) is 2.92. The molecule has 0 fully saturated rings. The van der Waals surface area contributed by atoms with Crippen molar-refractivity contribution in [1.82, 2.24) is 9.88 Å². The molecule has 2 aromatic rings. The first-order chi connectivity index (χ1) is 9.69. The molecule has 3 nitrogen and oxygen atoms in total. The maximum Gasteiger partial charge on any atom is 0.0615 e. The van der Waals surface area contributed by atoms with Gasteiger partial charge >= 0.3 is 0 Å². The van der Waals surface area contributed by atoms with Crippen molar-refractivity contribution in [2.75, 3.05) is 13.7 Å². The summed E-state index contributed by atoms with van der Waals surface area (Å²) in [4.78, 5) is 0. The van der Waals surface area contributed by atoms with Crippen LogP contribution in [-0.4, -0.2) is 24.3 Å². The highest BCUT2D eigenvalue weighted by molar-refractivity contribution is 5.85. The van der Waals surface area contributed by atoms with Crippen LogP contribution in [0, 0.1) is 6.92 Å². The van der Waals surface area contributed by atoms with Crippen LogP contribution >= 0.6 is 0 Å². The van der Waals surface area contributed by atoms with E-state index in [9.17, 15) is 0 Å². The molecular weight excluding hydrogens is 248 g/mol. The maximum absolute atomic E-state index is 5.30. The summed E-state index contributed by atoms with van der Waals surface area (Å²) in [6.45, 7) is 6.10. The summed E-state index contributed by atoms with van der Waals surface area (Å²) in [5, 5.41) is 4.99. The zero-order chi connectivity index (χ0) is 14.5. The molecule has 0 radical (unpaired) electrons. The van der Waals surface area contributed by atoms with E-state index in [1.807, 2.05) is 0 Å². The number of aryl methyl sites for hydroxylation is 2. The molecule has 0 saturated heterocycles. The van der Waals surface area contributed by atoms with Crippen LogP contribution in [0.25, 0.3) is 10.9 Å². The Labute approximate surface area is 121 Å². The van der Waals surface area contributed by atoms with Crippen molar-refractivity contribution in [2.45, 2.75) is 39.3 Å². The molecule has 110 valence electrons. The van der Waals surface area contributed by atoms with Crippen molar-refractivity contribution in [3.63, 3.8) is 0 Å². The first-order valence-electron chi connectivity index (χ1n) is 7.44. The molecule has 2 rings (SSSR count). The van der Waals surface area contributed by atoms with Crippen LogP contribution in [0.5, 0.6) is 0 Å². The summed E-state index contributed by atoms with van der Waals surface area (Å²) in [5.74, 6) is 0. The van der Waals surface area contributed by atoms with Crippen LogP contribution in [0.1, 0.15) is 31.0 Å². The summed E-state index contributed by atoms with van der Waals surface area (Å²) < 4.78 is 7.59. The van der Waals surface area contributed by atoms with Crippen LogP contribution in [0.4, 0.5) is 0 Å². The molecule has 1 atom stereocenters. The van der Waals surface area contributed by atoms with Gasteiger partial charge in [0.05, 0.1) is 6.61 Å². The van der Waals surface area contributed by atoms with Crippen LogP contribution < -0.4 is 5.32 Å². The van der Waals surface area contributed by atoms with E-state index < -0.39 is 0 Å². The van der Waals surface area contributed by atoms with Gasteiger partial charge in [-0.2, -0.15) is 0 Å². The van der Waals surface area contributed by atoms with E-state index >= 15 is 0 Å². The number of nitrogens with zero attached hydrogens (tertiary/aromatic N) is 1. The third kappa shape index (κ3) is 3.05. The number of hydrogen-bond donors (Lipinski definition) is 1. The lowest BCUT2D eigenvalue weighted by atomic mass is 10.1. The molecule has 1 unspecified atom stereocenters. The van der Waals surface area contributed by atoms with Crippen molar-refractivity contribution in [2.24, 2.45) is 7.05 Å². The molecule has 1 heterocycles. The minimum atomic E-state index is 0.433. The van der Waals surface area contributed by atoms with Crippen LogP contribution in [0.3, 0.4) is 0 Å². The largest absolute Gasteiger partial charge is 0.383 e. The second-order valence-electron chi connectivity index (χ2n) is 5.47. The van der Waals surface area contributed by atoms with Crippen LogP contribution in [0.15, 0.2) is 24.3 Å². The van der Waals surface area contributed by atoms with Gasteiger partial charge in [0.15, 0.2) is 0 Å². The van der Waals surface area contributed by atoms with E-state index in [4.69, 9.17) is 4.74 Å². The summed E-state index contributed by atoms with van der Waals surface area (Å²) in [7, 11) is 3.92. The number of benzene rings is 1. The summed E-state index contributed by atoms with van der Waals surface area (Å²) >= 11 is 0. The average Bonchev–Trinajstić information content (AvgIpc) is 2.70. The van der Waals surface area contributed by atoms with Gasteiger partial charge in [0, 0.05) is 43.3 Å². The highest BCUT2D eigenvalue weighted by Crippen LogP contribution is 2.24. The first-order valence-corrected chi connectivity index (χ1v) is 7.44. The maximum atomic E-state index is 5.30. The minimum absolute atomic E-state index is 0.433. The molecule has 0 aliphatic carbocycles. The number of para-hydroxylation sites is 1. The van der Waals surface area contributed by atoms with Gasteiger partial charge in [-0.25, -0.2) is 0 Å². The molecule has 20 heavy (non-hydrogen) atoms. The second kappa shape index (κ2) is 6.91. The first kappa shape index (κ1) is 15.1. The Morgan fingerprint density at radius 2 is 2.05 bits per heavy atom. The highest BCUT2D eigenvalue weighted by atomic mass is 16.5. The molecule has 0 amide bonds. The SMILES string of the molecule is CCCC(COC)NCc1c(C)c2ccccc2n1C. The van der Waals surface area contributed by atoms with E-state index in [-0.39, 0.29) is 0 Å². The summed E-state index contributed by atoms with van der Waals surface area (Å²) in [6, 6.07) is 9.03. The Morgan fingerprint density at radius 1 is 1.30 bits per heavy atom. The molecule has 1 aromatic heterocycles. The van der Waals surface area contributed by atoms with Crippen molar-refractivity contribution in [1.29, 1.82) is 0 Å². The number of methoxy groups -OCH3 is 1. The fraction of sp³-hybridized carbons (Fsp3) is 0.529. The molecule has 0 aliphatic heterocycles. The molecule has 0 saturated carbocycles. The van der Waals surface area contributed by atoms with Gasteiger partial charge in [-0.05, 0) is 25.0 Å². The second-order valence-corrected chi connectivity index (χ2v) is 5.47. The lowest BCUT2D eigenvalue weighted by Gasteiger charge is -2.18. The van der Waals surface area contributed by atoms with Gasteiger partial charge in [-0.1, -0.05) is 31.5 Å². The Hall–Kier alpha value is -1.32. The summed E-state index contributed by atoms with van der Waals surface area (Å²) in [6.07, 6.45) is 2.33. The van der Waals surface area contributed by atoms with Crippen molar-refractivity contribution >= 4 is 10.9 Å². The molecule has 3 heteroatoms. The smallest absolute Gasteiger partial charge is 0.0615 e. The molecule has 1 aromatic carbocycles. The molecule has 0 aliphatic rings. The average molecular weight is 274 g/mol. The predicted molar refractivity (Wildman–Crippen MR) is 85.1 cm³/mol. The van der Waals surface area contributed by atoms with Crippen molar-refractivity contribution in [3.05, 3.63) is 35.5 Å². The molecule has 1 N–H and O–H groups in total. The van der Waals surface area contributed by atoms with Gasteiger partial charge in [0.2, 0.25) is 0 Å². The van der Waals surface area contributed by atoms with E-state index in [0.29, 0.717) is 6.04 Å². The van der Waals surface area contributed by atoms with Crippen LogP contribution in [0.2, 0.25) is 0 Å². The topological polar surface area (TPSA) is 26.2 Å². The normalized spacial score (nSPS) is 13.0. The Balaban J connectivity index is 2.17. The van der Waals surface area contributed by atoms with E-state index in [2.05, 4.69) is 55.0 Å².